The predicted molar refractivity (Wildman–Crippen MR) is 55.9 cm³/mol. The second-order valence-corrected chi connectivity index (χ2v) is 2.97. The molecule has 0 heterocycles. The Bertz CT molecular complexity index is 415. The van der Waals surface area contributed by atoms with Gasteiger partial charge < -0.3 is 10.5 Å². The molecule has 0 aliphatic carbocycles. The van der Waals surface area contributed by atoms with Crippen molar-refractivity contribution < 1.29 is 4.74 Å². The molecule has 1 aromatic rings. The Balaban J connectivity index is 2.56. The molecule has 0 aliphatic heterocycles. The Morgan fingerprint density at radius 3 is 2.73 bits per heavy atom. The number of hydrogen-bond acceptors (Lipinski definition) is 4. The van der Waals surface area contributed by atoms with E-state index < -0.39 is 0 Å². The molecule has 0 fully saturated rings. The number of benzene rings is 1. The van der Waals surface area contributed by atoms with Gasteiger partial charge >= 0.3 is 0 Å². The van der Waals surface area contributed by atoms with Gasteiger partial charge in [-0.25, -0.2) is 0 Å². The third kappa shape index (κ3) is 3.21. The Kier molecular flexibility index (Phi) is 4.00. The van der Waals surface area contributed by atoms with Crippen molar-refractivity contribution in [1.29, 1.82) is 10.5 Å². The minimum absolute atomic E-state index is 0.450. The number of rotatable bonds is 4. The lowest BCUT2D eigenvalue weighted by Gasteiger charge is -2.07. The molecule has 2 N–H and O–H groups in total. The molecule has 4 nitrogen and oxygen atoms in total. The van der Waals surface area contributed by atoms with Crippen LogP contribution in [0.25, 0.3) is 0 Å². The van der Waals surface area contributed by atoms with Crippen molar-refractivity contribution in [3.63, 3.8) is 0 Å². The minimum Gasteiger partial charge on any atom is -0.491 e. The zero-order valence-corrected chi connectivity index (χ0v) is 8.23. The number of nitriles is 2. The van der Waals surface area contributed by atoms with Crippen LogP contribution in [0.5, 0.6) is 5.75 Å². The molecule has 0 unspecified atom stereocenters. The standard InChI is InChI=1S/C11H11N3O/c12-5-1-2-6-15-11-4-3-9(8-13)7-10(11)14/h3-4,7H,1-2,6,14H2. The van der Waals surface area contributed by atoms with Gasteiger partial charge in [0.05, 0.1) is 30.0 Å². The van der Waals surface area contributed by atoms with E-state index in [1.165, 1.54) is 0 Å². The third-order valence-corrected chi connectivity index (χ3v) is 1.83. The van der Waals surface area contributed by atoms with E-state index in [1.807, 2.05) is 12.1 Å². The third-order valence-electron chi connectivity index (χ3n) is 1.83. The zero-order valence-electron chi connectivity index (χ0n) is 8.23. The number of nitrogen functional groups attached to an aromatic ring is 1. The second-order valence-electron chi connectivity index (χ2n) is 2.97. The van der Waals surface area contributed by atoms with Crippen LogP contribution in [0.3, 0.4) is 0 Å². The van der Waals surface area contributed by atoms with Gasteiger partial charge in [-0.2, -0.15) is 10.5 Å². The van der Waals surface area contributed by atoms with E-state index >= 15 is 0 Å². The van der Waals surface area contributed by atoms with Gasteiger partial charge in [-0.15, -0.1) is 0 Å². The van der Waals surface area contributed by atoms with Crippen LogP contribution in [0.15, 0.2) is 18.2 Å². The van der Waals surface area contributed by atoms with Gasteiger partial charge in [0, 0.05) is 6.42 Å². The molecule has 1 aromatic carbocycles. The van der Waals surface area contributed by atoms with Gasteiger partial charge in [-0.05, 0) is 24.6 Å². The van der Waals surface area contributed by atoms with Crippen LogP contribution in [0.2, 0.25) is 0 Å². The lowest BCUT2D eigenvalue weighted by Crippen LogP contribution is -2.00. The summed E-state index contributed by atoms with van der Waals surface area (Å²) in [5.41, 5.74) is 6.63. The minimum atomic E-state index is 0.450. The number of nitrogens with two attached hydrogens (primary N) is 1. The van der Waals surface area contributed by atoms with E-state index in [9.17, 15) is 0 Å². The van der Waals surface area contributed by atoms with Crippen LogP contribution in [0, 0.1) is 22.7 Å². The largest absolute Gasteiger partial charge is 0.491 e. The smallest absolute Gasteiger partial charge is 0.142 e. The van der Waals surface area contributed by atoms with E-state index in [0.29, 0.717) is 36.4 Å². The van der Waals surface area contributed by atoms with Crippen molar-refractivity contribution >= 4 is 5.69 Å². The van der Waals surface area contributed by atoms with E-state index in [2.05, 4.69) is 0 Å². The van der Waals surface area contributed by atoms with E-state index in [1.54, 1.807) is 18.2 Å². The van der Waals surface area contributed by atoms with Gasteiger partial charge in [0.1, 0.15) is 5.75 Å². The molecule has 0 saturated heterocycles. The van der Waals surface area contributed by atoms with Crippen molar-refractivity contribution in [3.05, 3.63) is 23.8 Å². The fourth-order valence-corrected chi connectivity index (χ4v) is 1.08. The van der Waals surface area contributed by atoms with E-state index in [-0.39, 0.29) is 0 Å². The number of anilines is 1. The van der Waals surface area contributed by atoms with Crippen molar-refractivity contribution in [1.82, 2.24) is 0 Å². The SMILES string of the molecule is N#CCCCOc1ccc(C#N)cc1N. The molecule has 0 saturated carbocycles. The van der Waals surface area contributed by atoms with E-state index in [4.69, 9.17) is 21.0 Å². The summed E-state index contributed by atoms with van der Waals surface area (Å²) < 4.78 is 5.35. The zero-order chi connectivity index (χ0) is 11.1. The van der Waals surface area contributed by atoms with Gasteiger partial charge in [-0.3, -0.25) is 0 Å². The Morgan fingerprint density at radius 2 is 2.13 bits per heavy atom. The first-order valence-corrected chi connectivity index (χ1v) is 4.57. The quantitative estimate of drug-likeness (QED) is 0.595. The van der Waals surface area contributed by atoms with Crippen molar-refractivity contribution in [2.75, 3.05) is 12.3 Å². The lowest BCUT2D eigenvalue weighted by atomic mass is 10.2. The molecule has 0 bridgehead atoms. The average Bonchev–Trinajstić information content (AvgIpc) is 2.26. The number of unbranched alkanes of at least 4 members (excludes halogenated alkanes) is 1. The van der Waals surface area contributed by atoms with Gasteiger partial charge in [-0.1, -0.05) is 0 Å². The summed E-state index contributed by atoms with van der Waals surface area (Å²) in [6, 6.07) is 8.91. The molecule has 0 aromatic heterocycles. The first-order valence-electron chi connectivity index (χ1n) is 4.57. The van der Waals surface area contributed by atoms with Crippen molar-refractivity contribution in [2.24, 2.45) is 0 Å². The maximum absolute atomic E-state index is 8.62. The van der Waals surface area contributed by atoms with Crippen molar-refractivity contribution in [2.45, 2.75) is 12.8 Å². The molecular weight excluding hydrogens is 190 g/mol. The highest BCUT2D eigenvalue weighted by molar-refractivity contribution is 5.56. The summed E-state index contributed by atoms with van der Waals surface area (Å²) in [4.78, 5) is 0. The van der Waals surface area contributed by atoms with Gasteiger partial charge in [0.25, 0.3) is 0 Å². The molecule has 76 valence electrons. The van der Waals surface area contributed by atoms with Crippen LogP contribution < -0.4 is 10.5 Å². The van der Waals surface area contributed by atoms with Crippen LogP contribution in [0.1, 0.15) is 18.4 Å². The van der Waals surface area contributed by atoms with Crippen LogP contribution >= 0.6 is 0 Å². The molecule has 15 heavy (non-hydrogen) atoms. The molecule has 0 spiro atoms. The Morgan fingerprint density at radius 1 is 1.33 bits per heavy atom. The van der Waals surface area contributed by atoms with Crippen LogP contribution in [0.4, 0.5) is 5.69 Å². The highest BCUT2D eigenvalue weighted by Gasteiger charge is 2.01. The maximum Gasteiger partial charge on any atom is 0.142 e. The molecule has 0 amide bonds. The molecular formula is C11H11N3O. The summed E-state index contributed by atoms with van der Waals surface area (Å²) in [6.45, 7) is 0.462. The molecule has 0 atom stereocenters. The summed E-state index contributed by atoms with van der Waals surface area (Å²) in [6.07, 6.45) is 1.14. The fourth-order valence-electron chi connectivity index (χ4n) is 1.08. The first-order chi connectivity index (χ1) is 7.27. The Hall–Kier alpha value is -2.20. The number of nitrogens with zero attached hydrogens (tertiary/aromatic N) is 2. The molecule has 0 radical (unpaired) electrons. The maximum atomic E-state index is 8.62. The Labute approximate surface area is 88.5 Å². The average molecular weight is 201 g/mol. The molecule has 0 aliphatic rings. The number of hydrogen-bond donors (Lipinski definition) is 1. The monoisotopic (exact) mass is 201 g/mol. The summed E-state index contributed by atoms with van der Waals surface area (Å²) in [5.74, 6) is 0.562. The predicted octanol–water partition coefficient (Wildman–Crippen LogP) is 1.82. The van der Waals surface area contributed by atoms with E-state index in [0.717, 1.165) is 0 Å². The molecule has 1 rings (SSSR count). The molecule has 4 heteroatoms. The van der Waals surface area contributed by atoms with Crippen molar-refractivity contribution in [3.8, 4) is 17.9 Å². The summed E-state index contributed by atoms with van der Waals surface area (Å²) in [5, 5.41) is 16.9. The highest BCUT2D eigenvalue weighted by Crippen LogP contribution is 2.22. The van der Waals surface area contributed by atoms with Gasteiger partial charge in [0.2, 0.25) is 0 Å². The number of ether oxygens (including phenoxy) is 1. The van der Waals surface area contributed by atoms with Crippen LogP contribution in [-0.2, 0) is 0 Å². The summed E-state index contributed by atoms with van der Waals surface area (Å²) in [7, 11) is 0. The second kappa shape index (κ2) is 5.51. The summed E-state index contributed by atoms with van der Waals surface area (Å²) >= 11 is 0. The fraction of sp³-hybridized carbons (Fsp3) is 0.273. The first kappa shape index (κ1) is 10.9. The lowest BCUT2D eigenvalue weighted by molar-refractivity contribution is 0.314. The van der Waals surface area contributed by atoms with Gasteiger partial charge in [0.15, 0.2) is 0 Å². The highest BCUT2D eigenvalue weighted by atomic mass is 16.5. The topological polar surface area (TPSA) is 82.8 Å². The normalized spacial score (nSPS) is 8.93. The van der Waals surface area contributed by atoms with Crippen LogP contribution in [-0.4, -0.2) is 6.61 Å².